The molecule has 0 atom stereocenters. The number of thiophene rings is 1. The molecule has 0 unspecified atom stereocenters. The number of hydrogen-bond donors (Lipinski definition) is 0. The van der Waals surface area contributed by atoms with Gasteiger partial charge < -0.3 is 4.90 Å². The van der Waals surface area contributed by atoms with E-state index in [1.165, 1.54) is 4.88 Å². The maximum atomic E-state index is 5.48. The zero-order valence-corrected chi connectivity index (χ0v) is 10.8. The van der Waals surface area contributed by atoms with Crippen LogP contribution in [-0.4, -0.2) is 22.0 Å². The highest BCUT2D eigenvalue weighted by atomic mass is 32.1. The van der Waals surface area contributed by atoms with Crippen molar-refractivity contribution in [3.8, 4) is 0 Å². The molecule has 14 heavy (non-hydrogen) atoms. The van der Waals surface area contributed by atoms with Gasteiger partial charge in [-0.2, -0.15) is 0 Å². The normalized spacial score (nSPS) is 11.0. The third kappa shape index (κ3) is 2.55. The second-order valence-electron chi connectivity index (χ2n) is 3.88. The topological polar surface area (TPSA) is 3.24 Å². The van der Waals surface area contributed by atoms with Crippen LogP contribution in [0.1, 0.15) is 32.6 Å². The van der Waals surface area contributed by atoms with Gasteiger partial charge in [-0.25, -0.2) is 0 Å². The molecule has 1 rings (SSSR count). The van der Waals surface area contributed by atoms with E-state index >= 15 is 0 Å². The summed E-state index contributed by atoms with van der Waals surface area (Å²) >= 11 is 7.20. The average Bonchev–Trinajstić information content (AvgIpc) is 2.53. The average molecular weight is 227 g/mol. The zero-order valence-electron chi connectivity index (χ0n) is 9.15. The molecule has 0 saturated heterocycles. The van der Waals surface area contributed by atoms with E-state index in [2.05, 4.69) is 44.0 Å². The van der Waals surface area contributed by atoms with Gasteiger partial charge in [-0.1, -0.05) is 18.3 Å². The molecule has 1 heterocycles. The van der Waals surface area contributed by atoms with Crippen molar-refractivity contribution >= 4 is 28.5 Å². The summed E-state index contributed by atoms with van der Waals surface area (Å²) in [6.07, 6.45) is 0. The van der Waals surface area contributed by atoms with Gasteiger partial charge in [-0.05, 0) is 39.1 Å². The molecule has 0 aromatic carbocycles. The van der Waals surface area contributed by atoms with Crippen LogP contribution in [0.4, 0.5) is 0 Å². The molecule has 0 fully saturated rings. The van der Waals surface area contributed by atoms with E-state index in [9.17, 15) is 0 Å². The zero-order chi connectivity index (χ0) is 10.7. The van der Waals surface area contributed by atoms with Crippen LogP contribution >= 0.6 is 23.6 Å². The Labute approximate surface area is 95.7 Å². The first-order valence-electron chi connectivity index (χ1n) is 4.90. The Morgan fingerprint density at radius 3 is 2.21 bits per heavy atom. The van der Waals surface area contributed by atoms with Crippen molar-refractivity contribution in [3.05, 3.63) is 22.4 Å². The fourth-order valence-electron chi connectivity index (χ4n) is 1.59. The van der Waals surface area contributed by atoms with Gasteiger partial charge in [-0.3, -0.25) is 0 Å². The predicted molar refractivity (Wildman–Crippen MR) is 68.1 cm³/mol. The Kier molecular flexibility index (Phi) is 4.08. The van der Waals surface area contributed by atoms with E-state index in [0.717, 1.165) is 4.99 Å². The third-order valence-corrected chi connectivity index (χ3v) is 3.52. The summed E-state index contributed by atoms with van der Waals surface area (Å²) in [7, 11) is 0. The van der Waals surface area contributed by atoms with Crippen LogP contribution < -0.4 is 0 Å². The minimum Gasteiger partial charge on any atom is -0.357 e. The van der Waals surface area contributed by atoms with Crippen molar-refractivity contribution in [2.45, 2.75) is 39.8 Å². The largest absolute Gasteiger partial charge is 0.357 e. The number of nitrogens with zero attached hydrogens (tertiary/aromatic N) is 1. The fourth-order valence-corrected chi connectivity index (χ4v) is 2.89. The Bertz CT molecular complexity index is 280. The van der Waals surface area contributed by atoms with Crippen molar-refractivity contribution < 1.29 is 0 Å². The SMILES string of the molecule is CC(C)N(C(=S)c1cccs1)C(C)C. The molecule has 0 aliphatic carbocycles. The van der Waals surface area contributed by atoms with E-state index in [-0.39, 0.29) is 0 Å². The number of rotatable bonds is 3. The molecular weight excluding hydrogens is 210 g/mol. The molecule has 1 aromatic heterocycles. The lowest BCUT2D eigenvalue weighted by atomic mass is 10.2. The lowest BCUT2D eigenvalue weighted by Gasteiger charge is -2.32. The summed E-state index contributed by atoms with van der Waals surface area (Å²) in [6.45, 7) is 8.72. The number of hydrogen-bond acceptors (Lipinski definition) is 2. The fraction of sp³-hybridized carbons (Fsp3) is 0.545. The summed E-state index contributed by atoms with van der Waals surface area (Å²) in [5.74, 6) is 0. The molecule has 3 heteroatoms. The molecule has 0 bridgehead atoms. The lowest BCUT2D eigenvalue weighted by Crippen LogP contribution is -2.41. The molecule has 0 aliphatic rings. The van der Waals surface area contributed by atoms with Crippen molar-refractivity contribution in [3.63, 3.8) is 0 Å². The Morgan fingerprint density at radius 1 is 1.29 bits per heavy atom. The Morgan fingerprint density at radius 2 is 1.86 bits per heavy atom. The maximum Gasteiger partial charge on any atom is 0.119 e. The summed E-state index contributed by atoms with van der Waals surface area (Å²) in [6, 6.07) is 5.06. The standard InChI is InChI=1S/C11H17NS2/c1-8(2)12(9(3)4)11(13)10-6-5-7-14-10/h5-9H,1-4H3. The first-order chi connectivity index (χ1) is 6.54. The summed E-state index contributed by atoms with van der Waals surface area (Å²) < 4.78 is 0. The van der Waals surface area contributed by atoms with Gasteiger partial charge >= 0.3 is 0 Å². The van der Waals surface area contributed by atoms with Crippen molar-refractivity contribution in [2.75, 3.05) is 0 Å². The Hall–Kier alpha value is -0.410. The molecule has 78 valence electrons. The monoisotopic (exact) mass is 227 g/mol. The van der Waals surface area contributed by atoms with Gasteiger partial charge in [0.2, 0.25) is 0 Å². The molecular formula is C11H17NS2. The van der Waals surface area contributed by atoms with Crippen molar-refractivity contribution in [1.82, 2.24) is 4.90 Å². The highest BCUT2D eigenvalue weighted by Gasteiger charge is 2.18. The summed E-state index contributed by atoms with van der Waals surface area (Å²) in [4.78, 5) is 4.45. The molecule has 1 nitrogen and oxygen atoms in total. The van der Waals surface area contributed by atoms with Crippen molar-refractivity contribution in [1.29, 1.82) is 0 Å². The van der Waals surface area contributed by atoms with Gasteiger partial charge in [-0.15, -0.1) is 11.3 Å². The summed E-state index contributed by atoms with van der Waals surface area (Å²) in [5.41, 5.74) is 0. The van der Waals surface area contributed by atoms with Gasteiger partial charge in [0, 0.05) is 12.1 Å². The predicted octanol–water partition coefficient (Wildman–Crippen LogP) is 3.54. The molecule has 0 saturated carbocycles. The molecule has 0 spiro atoms. The van der Waals surface area contributed by atoms with Gasteiger partial charge in [0.15, 0.2) is 0 Å². The second-order valence-corrected chi connectivity index (χ2v) is 5.21. The first-order valence-corrected chi connectivity index (χ1v) is 6.19. The van der Waals surface area contributed by atoms with E-state index in [1.54, 1.807) is 11.3 Å². The quantitative estimate of drug-likeness (QED) is 0.727. The smallest absolute Gasteiger partial charge is 0.119 e. The van der Waals surface area contributed by atoms with Gasteiger partial charge in [0.05, 0.1) is 4.88 Å². The summed E-state index contributed by atoms with van der Waals surface area (Å²) in [5, 5.41) is 2.07. The van der Waals surface area contributed by atoms with Gasteiger partial charge in [0.1, 0.15) is 4.99 Å². The van der Waals surface area contributed by atoms with Crippen LogP contribution in [0, 0.1) is 0 Å². The van der Waals surface area contributed by atoms with Gasteiger partial charge in [0.25, 0.3) is 0 Å². The minimum absolute atomic E-state index is 0.463. The van der Waals surface area contributed by atoms with Crippen molar-refractivity contribution in [2.24, 2.45) is 0 Å². The Balaban J connectivity index is 2.85. The van der Waals surface area contributed by atoms with Crippen LogP contribution in [0.15, 0.2) is 17.5 Å². The highest BCUT2D eigenvalue weighted by molar-refractivity contribution is 7.81. The molecule has 0 aliphatic heterocycles. The maximum absolute atomic E-state index is 5.48. The lowest BCUT2D eigenvalue weighted by molar-refractivity contribution is 0.298. The van der Waals surface area contributed by atoms with E-state index in [0.29, 0.717) is 12.1 Å². The van der Waals surface area contributed by atoms with E-state index in [4.69, 9.17) is 12.2 Å². The highest BCUT2D eigenvalue weighted by Crippen LogP contribution is 2.17. The number of thiocarbonyl (C=S) groups is 1. The van der Waals surface area contributed by atoms with E-state index in [1.807, 2.05) is 6.07 Å². The minimum atomic E-state index is 0.463. The second kappa shape index (κ2) is 4.89. The van der Waals surface area contributed by atoms with E-state index < -0.39 is 0 Å². The third-order valence-electron chi connectivity index (χ3n) is 2.08. The van der Waals surface area contributed by atoms with Crippen LogP contribution in [0.3, 0.4) is 0 Å². The first kappa shape index (κ1) is 11.7. The molecule has 0 amide bonds. The van der Waals surface area contributed by atoms with Crippen LogP contribution in [0.5, 0.6) is 0 Å². The molecule has 0 N–H and O–H groups in total. The van der Waals surface area contributed by atoms with Crippen LogP contribution in [0.25, 0.3) is 0 Å². The van der Waals surface area contributed by atoms with Crippen LogP contribution in [0.2, 0.25) is 0 Å². The van der Waals surface area contributed by atoms with Crippen LogP contribution in [-0.2, 0) is 0 Å². The molecule has 1 aromatic rings. The molecule has 0 radical (unpaired) electrons.